The van der Waals surface area contributed by atoms with E-state index in [2.05, 4.69) is 24.2 Å². The molecular formula is C28H26FN3O2S. The van der Waals surface area contributed by atoms with Crippen LogP contribution < -0.4 is 10.2 Å². The van der Waals surface area contributed by atoms with Gasteiger partial charge in [0.25, 0.3) is 5.91 Å². The van der Waals surface area contributed by atoms with Crippen molar-refractivity contribution in [3.8, 4) is 0 Å². The first-order valence-corrected chi connectivity index (χ1v) is 12.3. The molecule has 1 N–H and O–H groups in total. The van der Waals surface area contributed by atoms with Crippen LogP contribution in [0.25, 0.3) is 6.08 Å². The Morgan fingerprint density at radius 1 is 1.06 bits per heavy atom. The summed E-state index contributed by atoms with van der Waals surface area (Å²) < 4.78 is 13.5. The third kappa shape index (κ3) is 5.69. The zero-order valence-corrected chi connectivity index (χ0v) is 20.6. The van der Waals surface area contributed by atoms with Crippen LogP contribution in [0.2, 0.25) is 0 Å². The quantitative estimate of drug-likeness (QED) is 0.411. The average Bonchev–Trinajstić information content (AvgIpc) is 3.15. The number of thioether (sulfide) groups is 1. The summed E-state index contributed by atoms with van der Waals surface area (Å²) in [5.41, 5.74) is 4.45. The lowest BCUT2D eigenvalue weighted by Crippen LogP contribution is -2.31. The summed E-state index contributed by atoms with van der Waals surface area (Å²) >= 11 is 1.17. The second-order valence-corrected chi connectivity index (χ2v) is 9.42. The fourth-order valence-corrected chi connectivity index (χ4v) is 4.58. The first kappa shape index (κ1) is 24.4. The van der Waals surface area contributed by atoms with Gasteiger partial charge in [0.2, 0.25) is 5.91 Å². The molecule has 0 aliphatic carbocycles. The van der Waals surface area contributed by atoms with Crippen LogP contribution in [0, 0.1) is 12.7 Å². The van der Waals surface area contributed by atoms with Crippen molar-refractivity contribution in [1.29, 1.82) is 0 Å². The Morgan fingerprint density at radius 3 is 2.46 bits per heavy atom. The molecule has 3 aromatic rings. The van der Waals surface area contributed by atoms with Crippen molar-refractivity contribution in [2.24, 2.45) is 4.99 Å². The van der Waals surface area contributed by atoms with Crippen molar-refractivity contribution >= 4 is 46.2 Å². The Labute approximate surface area is 208 Å². The number of aliphatic imine (C=N–C) groups is 1. The summed E-state index contributed by atoms with van der Waals surface area (Å²) in [6.45, 7) is 6.13. The normalized spacial score (nSPS) is 14.5. The second-order valence-electron chi connectivity index (χ2n) is 8.48. The number of amides is 2. The smallest absolute Gasteiger partial charge is 0.283 e. The summed E-state index contributed by atoms with van der Waals surface area (Å²) in [5, 5.41) is 3.39. The number of nitrogens with one attached hydrogen (secondary N) is 1. The molecule has 0 saturated heterocycles. The molecule has 178 valence electrons. The van der Waals surface area contributed by atoms with Crippen LogP contribution >= 0.6 is 11.8 Å². The van der Waals surface area contributed by atoms with Crippen LogP contribution in [0.5, 0.6) is 0 Å². The zero-order chi connectivity index (χ0) is 24.9. The minimum Gasteiger partial charge on any atom is -0.325 e. The van der Waals surface area contributed by atoms with Gasteiger partial charge in [0.15, 0.2) is 5.17 Å². The number of aryl methyl sites for hydroxylation is 1. The van der Waals surface area contributed by atoms with Crippen LogP contribution in [0.3, 0.4) is 0 Å². The Balaban J connectivity index is 1.57. The Bertz CT molecular complexity index is 1300. The third-order valence-electron chi connectivity index (χ3n) is 5.54. The van der Waals surface area contributed by atoms with Crippen LogP contribution in [0.4, 0.5) is 15.8 Å². The highest BCUT2D eigenvalue weighted by Gasteiger charge is 2.32. The molecule has 0 saturated carbocycles. The SMILES string of the molecule is Cc1cccc(C(C)C)c1NC(=O)CSC1=N/C(=C\c2ccccc2)C(=O)N1c1ccc(F)cc1. The number of halogens is 1. The van der Waals surface area contributed by atoms with Crippen molar-refractivity contribution < 1.29 is 14.0 Å². The number of hydrogen-bond acceptors (Lipinski definition) is 4. The standard InChI is InChI=1S/C28H26FN3O2S/c1-18(2)23-11-7-8-19(3)26(23)31-25(33)17-35-28-30-24(16-20-9-5-4-6-10-20)27(34)32(28)22-14-12-21(29)13-15-22/h4-16,18H,17H2,1-3H3,(H,31,33)/b24-16-. The number of benzene rings is 3. The van der Waals surface area contributed by atoms with E-state index in [1.807, 2.05) is 55.5 Å². The number of nitrogens with zero attached hydrogens (tertiary/aromatic N) is 2. The van der Waals surface area contributed by atoms with E-state index in [4.69, 9.17) is 0 Å². The first-order valence-electron chi connectivity index (χ1n) is 11.3. The van der Waals surface area contributed by atoms with E-state index in [0.717, 1.165) is 22.4 Å². The minimum absolute atomic E-state index is 0.0638. The molecule has 35 heavy (non-hydrogen) atoms. The summed E-state index contributed by atoms with van der Waals surface area (Å²) in [5.74, 6) is -0.598. The van der Waals surface area contributed by atoms with Crippen molar-refractivity contribution in [1.82, 2.24) is 0 Å². The molecule has 0 unspecified atom stereocenters. The maximum Gasteiger partial charge on any atom is 0.283 e. The lowest BCUT2D eigenvalue weighted by atomic mass is 9.98. The van der Waals surface area contributed by atoms with E-state index in [-0.39, 0.29) is 29.2 Å². The van der Waals surface area contributed by atoms with Gasteiger partial charge in [-0.05, 0) is 59.9 Å². The molecule has 1 aliphatic heterocycles. The Hall–Kier alpha value is -3.71. The van der Waals surface area contributed by atoms with Crippen molar-refractivity contribution in [2.75, 3.05) is 16.0 Å². The molecule has 0 bridgehead atoms. The van der Waals surface area contributed by atoms with Crippen LogP contribution in [-0.4, -0.2) is 22.7 Å². The fourth-order valence-electron chi connectivity index (χ4n) is 3.77. The van der Waals surface area contributed by atoms with Gasteiger partial charge in [-0.2, -0.15) is 0 Å². The maximum atomic E-state index is 13.5. The van der Waals surface area contributed by atoms with Crippen LogP contribution in [0.1, 0.15) is 36.5 Å². The summed E-state index contributed by atoms with van der Waals surface area (Å²) in [6.07, 6.45) is 1.70. The maximum absolute atomic E-state index is 13.5. The molecule has 0 fully saturated rings. The van der Waals surface area contributed by atoms with Gasteiger partial charge in [-0.25, -0.2) is 9.38 Å². The van der Waals surface area contributed by atoms with Gasteiger partial charge in [0.05, 0.1) is 11.4 Å². The second kappa shape index (κ2) is 10.7. The molecule has 5 nitrogen and oxygen atoms in total. The number of rotatable bonds is 6. The van der Waals surface area contributed by atoms with Gasteiger partial charge < -0.3 is 5.32 Å². The minimum atomic E-state index is -0.398. The van der Waals surface area contributed by atoms with Crippen LogP contribution in [0.15, 0.2) is 83.5 Å². The molecular weight excluding hydrogens is 461 g/mol. The molecule has 0 radical (unpaired) electrons. The monoisotopic (exact) mass is 487 g/mol. The molecule has 7 heteroatoms. The van der Waals surface area contributed by atoms with E-state index in [9.17, 15) is 14.0 Å². The molecule has 2 amide bonds. The van der Waals surface area contributed by atoms with E-state index in [0.29, 0.717) is 10.9 Å². The number of carbonyl (C=O) groups excluding carboxylic acids is 2. The molecule has 0 aromatic heterocycles. The lowest BCUT2D eigenvalue weighted by Gasteiger charge is -2.19. The Kier molecular flexibility index (Phi) is 7.46. The summed E-state index contributed by atoms with van der Waals surface area (Å²) in [6, 6.07) is 21.0. The van der Waals surface area contributed by atoms with E-state index < -0.39 is 5.82 Å². The summed E-state index contributed by atoms with van der Waals surface area (Å²) in [7, 11) is 0. The lowest BCUT2D eigenvalue weighted by molar-refractivity contribution is -0.114. The van der Waals surface area contributed by atoms with Gasteiger partial charge in [-0.15, -0.1) is 0 Å². The first-order chi connectivity index (χ1) is 16.8. The number of carbonyl (C=O) groups is 2. The fraction of sp³-hybridized carbons (Fsp3) is 0.179. The van der Waals surface area contributed by atoms with E-state index in [1.54, 1.807) is 6.08 Å². The highest BCUT2D eigenvalue weighted by molar-refractivity contribution is 8.14. The van der Waals surface area contributed by atoms with Crippen molar-refractivity contribution in [3.63, 3.8) is 0 Å². The van der Waals surface area contributed by atoms with Gasteiger partial charge in [-0.1, -0.05) is 74.1 Å². The molecule has 1 aliphatic rings. The third-order valence-corrected chi connectivity index (χ3v) is 6.48. The topological polar surface area (TPSA) is 61.8 Å². The Morgan fingerprint density at radius 2 is 1.77 bits per heavy atom. The van der Waals surface area contributed by atoms with Gasteiger partial charge in [-0.3, -0.25) is 14.5 Å². The molecule has 3 aromatic carbocycles. The predicted molar refractivity (Wildman–Crippen MR) is 142 cm³/mol. The van der Waals surface area contributed by atoms with Gasteiger partial charge >= 0.3 is 0 Å². The molecule has 0 spiro atoms. The number of hydrogen-bond donors (Lipinski definition) is 1. The number of anilines is 2. The van der Waals surface area contributed by atoms with E-state index >= 15 is 0 Å². The zero-order valence-electron chi connectivity index (χ0n) is 19.8. The van der Waals surface area contributed by atoms with Gasteiger partial charge in [0.1, 0.15) is 11.5 Å². The van der Waals surface area contributed by atoms with E-state index in [1.165, 1.54) is 40.9 Å². The highest BCUT2D eigenvalue weighted by Crippen LogP contribution is 2.31. The predicted octanol–water partition coefficient (Wildman–Crippen LogP) is 6.37. The number of para-hydroxylation sites is 1. The summed E-state index contributed by atoms with van der Waals surface area (Å²) in [4.78, 5) is 32.1. The van der Waals surface area contributed by atoms with Crippen molar-refractivity contribution in [3.05, 3.63) is 101 Å². The van der Waals surface area contributed by atoms with Gasteiger partial charge in [0, 0.05) is 5.69 Å². The average molecular weight is 488 g/mol. The van der Waals surface area contributed by atoms with Crippen LogP contribution in [-0.2, 0) is 9.59 Å². The number of amidine groups is 1. The molecule has 1 heterocycles. The molecule has 4 rings (SSSR count). The highest BCUT2D eigenvalue weighted by atomic mass is 32.2. The van der Waals surface area contributed by atoms with Crippen molar-refractivity contribution in [2.45, 2.75) is 26.7 Å². The largest absolute Gasteiger partial charge is 0.325 e. The molecule has 0 atom stereocenters.